The first-order chi connectivity index (χ1) is 10.2. The molecule has 0 bridgehead atoms. The van der Waals surface area contributed by atoms with E-state index in [1.807, 2.05) is 11.8 Å². The molecule has 1 fully saturated rings. The fraction of sp³-hybridized carbons (Fsp3) is 0.400. The SMILES string of the molecule is COc1ccc(C(=O)N2CCC[C@H]2c2ncc(C)[nH]2)cn1. The van der Waals surface area contributed by atoms with Crippen molar-refractivity contribution in [2.24, 2.45) is 0 Å². The van der Waals surface area contributed by atoms with Crippen molar-refractivity contribution < 1.29 is 9.53 Å². The number of imidazole rings is 1. The van der Waals surface area contributed by atoms with E-state index >= 15 is 0 Å². The number of carbonyl (C=O) groups excluding carboxylic acids is 1. The van der Waals surface area contributed by atoms with Crippen molar-refractivity contribution in [3.05, 3.63) is 41.6 Å². The summed E-state index contributed by atoms with van der Waals surface area (Å²) >= 11 is 0. The average Bonchev–Trinajstić information content (AvgIpc) is 3.15. The molecule has 3 rings (SSSR count). The third-order valence-electron chi connectivity index (χ3n) is 3.74. The quantitative estimate of drug-likeness (QED) is 0.938. The highest BCUT2D eigenvalue weighted by Gasteiger charge is 2.32. The van der Waals surface area contributed by atoms with Gasteiger partial charge in [0.25, 0.3) is 5.91 Å². The van der Waals surface area contributed by atoms with Crippen LogP contribution in [0, 0.1) is 6.92 Å². The number of aromatic amines is 1. The first-order valence-corrected chi connectivity index (χ1v) is 7.01. The zero-order valence-electron chi connectivity index (χ0n) is 12.2. The number of aromatic nitrogens is 3. The average molecular weight is 286 g/mol. The van der Waals surface area contributed by atoms with Crippen molar-refractivity contribution in [2.75, 3.05) is 13.7 Å². The molecule has 1 aliphatic rings. The Balaban J connectivity index is 1.82. The standard InChI is InChI=1S/C15H18N4O2/c1-10-8-17-14(18-10)12-4-3-7-19(12)15(20)11-5-6-13(21-2)16-9-11/h5-6,8-9,12H,3-4,7H2,1-2H3,(H,17,18)/t12-/m0/s1. The lowest BCUT2D eigenvalue weighted by Crippen LogP contribution is -2.31. The third-order valence-corrected chi connectivity index (χ3v) is 3.74. The summed E-state index contributed by atoms with van der Waals surface area (Å²) in [5, 5.41) is 0. The van der Waals surface area contributed by atoms with Crippen molar-refractivity contribution >= 4 is 5.91 Å². The van der Waals surface area contributed by atoms with Crippen LogP contribution in [0.2, 0.25) is 0 Å². The minimum atomic E-state index is -0.0123. The number of H-pyrrole nitrogens is 1. The van der Waals surface area contributed by atoms with Crippen molar-refractivity contribution in [1.29, 1.82) is 0 Å². The first-order valence-electron chi connectivity index (χ1n) is 7.01. The van der Waals surface area contributed by atoms with Crippen LogP contribution in [-0.4, -0.2) is 39.4 Å². The van der Waals surface area contributed by atoms with Gasteiger partial charge in [0.15, 0.2) is 0 Å². The van der Waals surface area contributed by atoms with E-state index in [0.717, 1.165) is 30.9 Å². The van der Waals surface area contributed by atoms with Crippen LogP contribution in [0.25, 0.3) is 0 Å². The first kappa shape index (κ1) is 13.6. The zero-order chi connectivity index (χ0) is 14.8. The largest absolute Gasteiger partial charge is 0.481 e. The second-order valence-corrected chi connectivity index (χ2v) is 5.20. The summed E-state index contributed by atoms with van der Waals surface area (Å²) in [5.74, 6) is 1.35. The fourth-order valence-corrected chi connectivity index (χ4v) is 2.69. The second-order valence-electron chi connectivity index (χ2n) is 5.20. The Morgan fingerprint density at radius 2 is 2.24 bits per heavy atom. The van der Waals surface area contributed by atoms with Gasteiger partial charge in [-0.05, 0) is 25.8 Å². The maximum atomic E-state index is 12.6. The number of rotatable bonds is 3. The van der Waals surface area contributed by atoms with Crippen molar-refractivity contribution in [3.8, 4) is 5.88 Å². The Labute approximate surface area is 123 Å². The maximum Gasteiger partial charge on any atom is 0.256 e. The highest BCUT2D eigenvalue weighted by atomic mass is 16.5. The van der Waals surface area contributed by atoms with Gasteiger partial charge in [0, 0.05) is 30.7 Å². The zero-order valence-corrected chi connectivity index (χ0v) is 12.2. The van der Waals surface area contributed by atoms with E-state index in [1.165, 1.54) is 0 Å². The van der Waals surface area contributed by atoms with Gasteiger partial charge in [0.2, 0.25) is 5.88 Å². The monoisotopic (exact) mass is 286 g/mol. The Bertz CT molecular complexity index is 635. The molecular weight excluding hydrogens is 268 g/mol. The van der Waals surface area contributed by atoms with Crippen LogP contribution in [0.1, 0.15) is 40.8 Å². The van der Waals surface area contributed by atoms with Crippen LogP contribution in [0.15, 0.2) is 24.5 Å². The van der Waals surface area contributed by atoms with Gasteiger partial charge in [0.1, 0.15) is 5.82 Å². The molecule has 2 aromatic rings. The smallest absolute Gasteiger partial charge is 0.256 e. The van der Waals surface area contributed by atoms with Gasteiger partial charge in [-0.15, -0.1) is 0 Å². The molecule has 110 valence electrons. The molecule has 6 heteroatoms. The van der Waals surface area contributed by atoms with Gasteiger partial charge in [-0.1, -0.05) is 0 Å². The molecule has 2 aromatic heterocycles. The number of pyridine rings is 1. The molecule has 21 heavy (non-hydrogen) atoms. The van der Waals surface area contributed by atoms with E-state index in [-0.39, 0.29) is 11.9 Å². The van der Waals surface area contributed by atoms with E-state index in [9.17, 15) is 4.79 Å². The Kier molecular flexibility index (Phi) is 3.60. The number of hydrogen-bond donors (Lipinski definition) is 1. The van der Waals surface area contributed by atoms with Crippen molar-refractivity contribution in [3.63, 3.8) is 0 Å². The highest BCUT2D eigenvalue weighted by Crippen LogP contribution is 2.31. The van der Waals surface area contributed by atoms with Crippen molar-refractivity contribution in [2.45, 2.75) is 25.8 Å². The Morgan fingerprint density at radius 1 is 1.38 bits per heavy atom. The van der Waals surface area contributed by atoms with Gasteiger partial charge in [-0.2, -0.15) is 0 Å². The molecule has 3 heterocycles. The van der Waals surface area contributed by atoms with Crippen LogP contribution in [0.5, 0.6) is 5.88 Å². The molecule has 0 unspecified atom stereocenters. The van der Waals surface area contributed by atoms with Gasteiger partial charge in [0.05, 0.1) is 18.7 Å². The fourth-order valence-electron chi connectivity index (χ4n) is 2.69. The number of methoxy groups -OCH3 is 1. The normalized spacial score (nSPS) is 18.0. The molecular formula is C15H18N4O2. The number of nitrogens with zero attached hydrogens (tertiary/aromatic N) is 3. The predicted octanol–water partition coefficient (Wildman–Crippen LogP) is 2.10. The molecule has 1 atom stereocenters. The highest BCUT2D eigenvalue weighted by molar-refractivity contribution is 5.94. The van der Waals surface area contributed by atoms with E-state index in [2.05, 4.69) is 15.0 Å². The lowest BCUT2D eigenvalue weighted by Gasteiger charge is -2.23. The predicted molar refractivity (Wildman–Crippen MR) is 77.1 cm³/mol. The number of nitrogens with one attached hydrogen (secondary N) is 1. The maximum absolute atomic E-state index is 12.6. The molecule has 1 aliphatic heterocycles. The molecule has 0 aliphatic carbocycles. The van der Waals surface area contributed by atoms with E-state index < -0.39 is 0 Å². The third kappa shape index (κ3) is 2.61. The number of ether oxygens (including phenoxy) is 1. The van der Waals surface area contributed by atoms with E-state index in [0.29, 0.717) is 11.4 Å². The molecule has 6 nitrogen and oxygen atoms in total. The molecule has 1 amide bonds. The minimum Gasteiger partial charge on any atom is -0.481 e. The van der Waals surface area contributed by atoms with Crippen LogP contribution >= 0.6 is 0 Å². The van der Waals surface area contributed by atoms with Gasteiger partial charge >= 0.3 is 0 Å². The summed E-state index contributed by atoms with van der Waals surface area (Å²) in [5.41, 5.74) is 1.58. The summed E-state index contributed by atoms with van der Waals surface area (Å²) in [7, 11) is 1.56. The molecule has 0 saturated carbocycles. The number of amides is 1. The summed E-state index contributed by atoms with van der Waals surface area (Å²) in [6.07, 6.45) is 5.27. The van der Waals surface area contributed by atoms with Gasteiger partial charge < -0.3 is 14.6 Å². The van der Waals surface area contributed by atoms with Crippen LogP contribution in [-0.2, 0) is 0 Å². The number of carbonyl (C=O) groups is 1. The van der Waals surface area contributed by atoms with Gasteiger partial charge in [-0.25, -0.2) is 9.97 Å². The summed E-state index contributed by atoms with van der Waals surface area (Å²) in [6, 6.07) is 3.47. The number of aryl methyl sites for hydroxylation is 1. The Morgan fingerprint density at radius 3 is 2.86 bits per heavy atom. The summed E-state index contributed by atoms with van der Waals surface area (Å²) < 4.78 is 5.02. The molecule has 1 N–H and O–H groups in total. The minimum absolute atomic E-state index is 0.0123. The lowest BCUT2D eigenvalue weighted by molar-refractivity contribution is 0.0730. The lowest BCUT2D eigenvalue weighted by atomic mass is 10.2. The topological polar surface area (TPSA) is 71.1 Å². The van der Waals surface area contributed by atoms with Crippen LogP contribution in [0.3, 0.4) is 0 Å². The summed E-state index contributed by atoms with van der Waals surface area (Å²) in [4.78, 5) is 26.2. The summed E-state index contributed by atoms with van der Waals surface area (Å²) in [6.45, 7) is 2.71. The second kappa shape index (κ2) is 5.55. The molecule has 0 aromatic carbocycles. The number of hydrogen-bond acceptors (Lipinski definition) is 4. The molecule has 0 radical (unpaired) electrons. The Hall–Kier alpha value is -2.37. The molecule has 0 spiro atoms. The van der Waals surface area contributed by atoms with Crippen LogP contribution in [0.4, 0.5) is 0 Å². The number of likely N-dealkylation sites (tertiary alicyclic amines) is 1. The van der Waals surface area contributed by atoms with Gasteiger partial charge in [-0.3, -0.25) is 4.79 Å². The van der Waals surface area contributed by atoms with E-state index in [1.54, 1.807) is 31.6 Å². The van der Waals surface area contributed by atoms with Crippen LogP contribution < -0.4 is 4.74 Å². The van der Waals surface area contributed by atoms with Crippen molar-refractivity contribution in [1.82, 2.24) is 19.9 Å². The van der Waals surface area contributed by atoms with E-state index in [4.69, 9.17) is 4.74 Å². The molecule has 1 saturated heterocycles.